The maximum atomic E-state index is 10.9. The summed E-state index contributed by atoms with van der Waals surface area (Å²) in [6, 6.07) is 1.94. The predicted octanol–water partition coefficient (Wildman–Crippen LogP) is 0.614. The molecule has 1 atom stereocenters. The van der Waals surface area contributed by atoms with Crippen LogP contribution in [0.1, 0.15) is 23.2 Å². The Balaban J connectivity index is 2.25. The Hall–Kier alpha value is -1.29. The van der Waals surface area contributed by atoms with Crippen molar-refractivity contribution in [2.75, 3.05) is 6.54 Å². The maximum absolute atomic E-state index is 10.9. The van der Waals surface area contributed by atoms with Gasteiger partial charge in [0.15, 0.2) is 0 Å². The average Bonchev–Trinajstić information content (AvgIpc) is 2.58. The molecule has 1 aromatic heterocycles. The lowest BCUT2D eigenvalue weighted by molar-refractivity contribution is -0.118. The molecule has 1 unspecified atom stereocenters. The predicted molar refractivity (Wildman–Crippen MR) is 47.1 cm³/mol. The molecule has 1 aliphatic heterocycles. The van der Waals surface area contributed by atoms with Gasteiger partial charge < -0.3 is 9.73 Å². The van der Waals surface area contributed by atoms with E-state index in [-0.39, 0.29) is 12.1 Å². The number of aryl methyl sites for hydroxylation is 2. The van der Waals surface area contributed by atoms with Crippen molar-refractivity contribution in [1.29, 1.82) is 0 Å². The van der Waals surface area contributed by atoms with E-state index in [1.807, 2.05) is 19.9 Å². The lowest BCUT2D eigenvalue weighted by atomic mass is 10.2. The first-order valence-electron chi connectivity index (χ1n) is 4.26. The summed E-state index contributed by atoms with van der Waals surface area (Å²) >= 11 is 0. The van der Waals surface area contributed by atoms with Gasteiger partial charge in [-0.25, -0.2) is 0 Å². The zero-order chi connectivity index (χ0) is 9.42. The summed E-state index contributed by atoms with van der Waals surface area (Å²) in [6.45, 7) is 4.18. The van der Waals surface area contributed by atoms with E-state index >= 15 is 0 Å². The molecule has 1 saturated heterocycles. The molecule has 1 amide bonds. The van der Waals surface area contributed by atoms with Gasteiger partial charge in [0.05, 0.1) is 6.54 Å². The Kier molecular flexibility index (Phi) is 1.84. The van der Waals surface area contributed by atoms with Crippen molar-refractivity contribution in [3.8, 4) is 0 Å². The van der Waals surface area contributed by atoms with Gasteiger partial charge in [-0.3, -0.25) is 10.1 Å². The number of hydrogen-bond donors (Lipinski definition) is 2. The van der Waals surface area contributed by atoms with E-state index in [1.165, 1.54) is 0 Å². The molecular weight excluding hydrogens is 168 g/mol. The van der Waals surface area contributed by atoms with Gasteiger partial charge in [0, 0.05) is 5.56 Å². The Bertz CT molecular complexity index is 343. The molecule has 4 heteroatoms. The third-order valence-corrected chi connectivity index (χ3v) is 2.16. The van der Waals surface area contributed by atoms with Crippen molar-refractivity contribution >= 4 is 5.91 Å². The van der Waals surface area contributed by atoms with E-state index in [0.717, 1.165) is 17.1 Å². The summed E-state index contributed by atoms with van der Waals surface area (Å²) in [5.74, 6) is 1.76. The number of furan rings is 1. The topological polar surface area (TPSA) is 54.3 Å². The summed E-state index contributed by atoms with van der Waals surface area (Å²) in [4.78, 5) is 10.9. The molecule has 1 aromatic rings. The molecule has 0 bridgehead atoms. The fourth-order valence-electron chi connectivity index (χ4n) is 1.58. The number of amides is 1. The third-order valence-electron chi connectivity index (χ3n) is 2.16. The van der Waals surface area contributed by atoms with E-state index in [4.69, 9.17) is 4.42 Å². The molecule has 2 rings (SSSR count). The molecule has 0 aromatic carbocycles. The minimum Gasteiger partial charge on any atom is -0.466 e. The van der Waals surface area contributed by atoms with Crippen LogP contribution in [0.25, 0.3) is 0 Å². The van der Waals surface area contributed by atoms with E-state index in [1.54, 1.807) is 0 Å². The first-order valence-corrected chi connectivity index (χ1v) is 4.26. The quantitative estimate of drug-likeness (QED) is 0.666. The summed E-state index contributed by atoms with van der Waals surface area (Å²) in [5.41, 5.74) is 1.02. The van der Waals surface area contributed by atoms with Gasteiger partial charge in [-0.15, -0.1) is 0 Å². The molecule has 1 fully saturated rings. The van der Waals surface area contributed by atoms with Gasteiger partial charge in [0.1, 0.15) is 17.7 Å². The zero-order valence-electron chi connectivity index (χ0n) is 7.68. The average molecular weight is 180 g/mol. The van der Waals surface area contributed by atoms with Crippen LogP contribution in [-0.4, -0.2) is 12.5 Å². The van der Waals surface area contributed by atoms with Crippen LogP contribution in [0.5, 0.6) is 0 Å². The highest BCUT2D eigenvalue weighted by molar-refractivity contribution is 5.80. The van der Waals surface area contributed by atoms with Crippen molar-refractivity contribution in [2.24, 2.45) is 0 Å². The van der Waals surface area contributed by atoms with Crippen LogP contribution in [0.15, 0.2) is 10.5 Å². The van der Waals surface area contributed by atoms with Crippen LogP contribution in [0.3, 0.4) is 0 Å². The number of nitrogens with one attached hydrogen (secondary N) is 2. The number of rotatable bonds is 1. The van der Waals surface area contributed by atoms with E-state index in [0.29, 0.717) is 6.54 Å². The Labute approximate surface area is 76.3 Å². The molecule has 0 spiro atoms. The second kappa shape index (κ2) is 2.88. The van der Waals surface area contributed by atoms with Crippen LogP contribution >= 0.6 is 0 Å². The standard InChI is InChI=1S/C9H12N2O2/c1-5-3-7(6(2)13-5)9-10-4-8(12)11-9/h3,9-10H,4H2,1-2H3,(H,11,12). The molecule has 2 heterocycles. The molecule has 4 nitrogen and oxygen atoms in total. The SMILES string of the molecule is Cc1cc(C2NCC(=O)N2)c(C)o1. The van der Waals surface area contributed by atoms with Crippen molar-refractivity contribution in [3.63, 3.8) is 0 Å². The normalized spacial score (nSPS) is 22.0. The van der Waals surface area contributed by atoms with Gasteiger partial charge in [-0.2, -0.15) is 0 Å². The summed E-state index contributed by atoms with van der Waals surface area (Å²) < 4.78 is 5.37. The largest absolute Gasteiger partial charge is 0.466 e. The van der Waals surface area contributed by atoms with E-state index in [9.17, 15) is 4.79 Å². The van der Waals surface area contributed by atoms with Crippen molar-refractivity contribution < 1.29 is 9.21 Å². The van der Waals surface area contributed by atoms with E-state index < -0.39 is 0 Å². The molecule has 0 aliphatic carbocycles. The number of carbonyl (C=O) groups is 1. The minimum absolute atomic E-state index is 0.0308. The molecule has 2 N–H and O–H groups in total. The fraction of sp³-hybridized carbons (Fsp3) is 0.444. The molecule has 0 saturated carbocycles. The first kappa shape index (κ1) is 8.31. The van der Waals surface area contributed by atoms with Crippen LogP contribution in [-0.2, 0) is 4.79 Å². The lowest BCUT2D eigenvalue weighted by Gasteiger charge is -2.07. The van der Waals surface area contributed by atoms with Crippen LogP contribution in [0, 0.1) is 13.8 Å². The van der Waals surface area contributed by atoms with E-state index in [2.05, 4.69) is 10.6 Å². The molecule has 0 radical (unpaired) electrons. The first-order chi connectivity index (χ1) is 6.16. The summed E-state index contributed by atoms with van der Waals surface area (Å²) in [5, 5.41) is 5.87. The van der Waals surface area contributed by atoms with Crippen LogP contribution < -0.4 is 10.6 Å². The molecule has 1 aliphatic rings. The Morgan fingerprint density at radius 1 is 1.54 bits per heavy atom. The summed E-state index contributed by atoms with van der Waals surface area (Å²) in [7, 11) is 0. The van der Waals surface area contributed by atoms with Crippen molar-refractivity contribution in [3.05, 3.63) is 23.2 Å². The second-order valence-electron chi connectivity index (χ2n) is 3.25. The van der Waals surface area contributed by atoms with Gasteiger partial charge in [0.2, 0.25) is 5.91 Å². The fourth-order valence-corrected chi connectivity index (χ4v) is 1.58. The lowest BCUT2D eigenvalue weighted by Crippen LogP contribution is -2.22. The molecule has 13 heavy (non-hydrogen) atoms. The minimum atomic E-state index is -0.0788. The number of carbonyl (C=O) groups excluding carboxylic acids is 1. The zero-order valence-corrected chi connectivity index (χ0v) is 7.68. The van der Waals surface area contributed by atoms with Crippen LogP contribution in [0.2, 0.25) is 0 Å². The van der Waals surface area contributed by atoms with Crippen molar-refractivity contribution in [2.45, 2.75) is 20.0 Å². The van der Waals surface area contributed by atoms with Gasteiger partial charge in [-0.1, -0.05) is 0 Å². The Morgan fingerprint density at radius 3 is 2.77 bits per heavy atom. The monoisotopic (exact) mass is 180 g/mol. The molecule has 70 valence electrons. The summed E-state index contributed by atoms with van der Waals surface area (Å²) in [6.07, 6.45) is -0.0788. The van der Waals surface area contributed by atoms with Crippen molar-refractivity contribution in [1.82, 2.24) is 10.6 Å². The highest BCUT2D eigenvalue weighted by Crippen LogP contribution is 2.21. The molecular formula is C9H12N2O2. The number of hydrogen-bond acceptors (Lipinski definition) is 3. The van der Waals surface area contributed by atoms with Gasteiger partial charge >= 0.3 is 0 Å². The Morgan fingerprint density at radius 2 is 2.31 bits per heavy atom. The van der Waals surface area contributed by atoms with Gasteiger partial charge in [-0.05, 0) is 19.9 Å². The maximum Gasteiger partial charge on any atom is 0.235 e. The highest BCUT2D eigenvalue weighted by Gasteiger charge is 2.24. The van der Waals surface area contributed by atoms with Gasteiger partial charge in [0.25, 0.3) is 0 Å². The highest BCUT2D eigenvalue weighted by atomic mass is 16.3. The smallest absolute Gasteiger partial charge is 0.235 e. The third kappa shape index (κ3) is 1.45. The van der Waals surface area contributed by atoms with Crippen LogP contribution in [0.4, 0.5) is 0 Å². The second-order valence-corrected chi connectivity index (χ2v) is 3.25.